The lowest BCUT2D eigenvalue weighted by Crippen LogP contribution is -2.23. The van der Waals surface area contributed by atoms with E-state index in [0.717, 1.165) is 11.8 Å². The maximum absolute atomic E-state index is 12.1. The third kappa shape index (κ3) is 2.79. The molecule has 0 bridgehead atoms. The highest BCUT2D eigenvalue weighted by molar-refractivity contribution is 6.07. The number of anilines is 1. The molecule has 0 fully saturated rings. The van der Waals surface area contributed by atoms with Gasteiger partial charge >= 0.3 is 0 Å². The van der Waals surface area contributed by atoms with Crippen LogP contribution in [-0.2, 0) is 11.8 Å². The summed E-state index contributed by atoms with van der Waals surface area (Å²) in [5.74, 6) is -0.293. The van der Waals surface area contributed by atoms with Gasteiger partial charge in [0.25, 0.3) is 5.91 Å². The lowest BCUT2D eigenvalue weighted by Gasteiger charge is -2.04. The molecule has 0 saturated carbocycles. The molecule has 2 rings (SSSR count). The van der Waals surface area contributed by atoms with Crippen molar-refractivity contribution in [1.82, 2.24) is 14.9 Å². The Morgan fingerprint density at radius 1 is 1.40 bits per heavy atom. The van der Waals surface area contributed by atoms with Gasteiger partial charge in [0.1, 0.15) is 5.65 Å². The summed E-state index contributed by atoms with van der Waals surface area (Å²) in [6, 6.07) is 1.77. The van der Waals surface area contributed by atoms with Crippen LogP contribution < -0.4 is 10.6 Å². The molecule has 20 heavy (non-hydrogen) atoms. The molecule has 6 heteroatoms. The summed E-state index contributed by atoms with van der Waals surface area (Å²) >= 11 is 0. The molecule has 2 N–H and O–H groups in total. The summed E-state index contributed by atoms with van der Waals surface area (Å²) in [4.78, 5) is 27.5. The number of fused-ring (bicyclic) bond motifs is 1. The van der Waals surface area contributed by atoms with E-state index in [9.17, 15) is 9.59 Å². The van der Waals surface area contributed by atoms with Gasteiger partial charge in [-0.15, -0.1) is 0 Å². The number of aromatic nitrogens is 2. The molecule has 2 aromatic heterocycles. The molecule has 0 aromatic carbocycles. The summed E-state index contributed by atoms with van der Waals surface area (Å²) < 4.78 is 1.80. The van der Waals surface area contributed by atoms with E-state index in [1.165, 1.54) is 6.92 Å². The summed E-state index contributed by atoms with van der Waals surface area (Å²) in [6.45, 7) is 4.07. The Labute approximate surface area is 117 Å². The molecule has 0 aliphatic heterocycles. The number of hydrogen-bond acceptors (Lipinski definition) is 3. The minimum atomic E-state index is -0.168. The van der Waals surface area contributed by atoms with Crippen molar-refractivity contribution in [2.45, 2.75) is 20.3 Å². The van der Waals surface area contributed by atoms with E-state index in [4.69, 9.17) is 0 Å². The number of amides is 2. The van der Waals surface area contributed by atoms with Gasteiger partial charge in [-0.25, -0.2) is 4.98 Å². The molecule has 0 spiro atoms. The van der Waals surface area contributed by atoms with Crippen LogP contribution in [0.5, 0.6) is 0 Å². The second-order valence-corrected chi connectivity index (χ2v) is 4.69. The molecule has 0 aliphatic rings. The van der Waals surface area contributed by atoms with Gasteiger partial charge < -0.3 is 15.2 Å². The van der Waals surface area contributed by atoms with Crippen LogP contribution in [0.25, 0.3) is 11.0 Å². The molecule has 106 valence electrons. The Kier molecular flexibility index (Phi) is 4.02. The zero-order valence-electron chi connectivity index (χ0n) is 11.9. The van der Waals surface area contributed by atoms with Gasteiger partial charge in [-0.1, -0.05) is 6.92 Å². The Morgan fingerprint density at radius 2 is 2.15 bits per heavy atom. The fourth-order valence-corrected chi connectivity index (χ4v) is 2.05. The molecule has 6 nitrogen and oxygen atoms in total. The van der Waals surface area contributed by atoms with E-state index in [-0.39, 0.29) is 11.8 Å². The zero-order valence-corrected chi connectivity index (χ0v) is 11.9. The van der Waals surface area contributed by atoms with Crippen LogP contribution in [0.1, 0.15) is 30.6 Å². The Balaban J connectivity index is 2.43. The maximum Gasteiger partial charge on any atom is 0.253 e. The van der Waals surface area contributed by atoms with E-state index in [1.54, 1.807) is 23.0 Å². The van der Waals surface area contributed by atoms with Crippen molar-refractivity contribution in [2.24, 2.45) is 7.05 Å². The molecule has 0 unspecified atom stereocenters. The minimum Gasteiger partial charge on any atom is -0.352 e. The Morgan fingerprint density at radius 3 is 2.80 bits per heavy atom. The predicted molar refractivity (Wildman–Crippen MR) is 77.6 cm³/mol. The van der Waals surface area contributed by atoms with Crippen LogP contribution >= 0.6 is 0 Å². The smallest absolute Gasteiger partial charge is 0.253 e. The normalized spacial score (nSPS) is 10.6. The summed E-state index contributed by atoms with van der Waals surface area (Å²) in [7, 11) is 1.84. The van der Waals surface area contributed by atoms with Gasteiger partial charge in [0.15, 0.2) is 0 Å². The largest absolute Gasteiger partial charge is 0.352 e. The summed E-state index contributed by atoms with van der Waals surface area (Å²) in [6.07, 6.45) is 4.21. The van der Waals surface area contributed by atoms with Gasteiger partial charge in [0.2, 0.25) is 5.91 Å². The number of hydrogen-bond donors (Lipinski definition) is 2. The highest BCUT2D eigenvalue weighted by atomic mass is 16.2. The molecular formula is C14H18N4O2. The van der Waals surface area contributed by atoms with Gasteiger partial charge in [0.05, 0.1) is 17.4 Å². The fourth-order valence-electron chi connectivity index (χ4n) is 2.05. The summed E-state index contributed by atoms with van der Waals surface area (Å²) in [5.41, 5.74) is 1.86. The van der Waals surface area contributed by atoms with Crippen molar-refractivity contribution < 1.29 is 9.59 Å². The lowest BCUT2D eigenvalue weighted by molar-refractivity contribution is -0.114. The van der Waals surface area contributed by atoms with E-state index in [0.29, 0.717) is 23.4 Å². The predicted octanol–water partition coefficient (Wildman–Crippen LogP) is 1.67. The first-order valence-electron chi connectivity index (χ1n) is 6.53. The van der Waals surface area contributed by atoms with Gasteiger partial charge in [-0.05, 0) is 12.5 Å². The zero-order chi connectivity index (χ0) is 14.7. The number of carbonyl (C=O) groups excluding carboxylic acids is 2. The van der Waals surface area contributed by atoms with Crippen LogP contribution in [0.15, 0.2) is 18.5 Å². The van der Waals surface area contributed by atoms with E-state index in [2.05, 4.69) is 15.6 Å². The highest BCUT2D eigenvalue weighted by Gasteiger charge is 2.15. The van der Waals surface area contributed by atoms with Crippen molar-refractivity contribution in [1.29, 1.82) is 0 Å². The molecule has 0 saturated heterocycles. The monoisotopic (exact) mass is 274 g/mol. The quantitative estimate of drug-likeness (QED) is 0.890. The topological polar surface area (TPSA) is 76.0 Å². The number of carbonyl (C=O) groups is 2. The maximum atomic E-state index is 12.1. The van der Waals surface area contributed by atoms with Crippen molar-refractivity contribution >= 4 is 28.5 Å². The molecule has 0 atom stereocenters. The average Bonchev–Trinajstić information content (AvgIpc) is 2.72. The molecule has 0 aliphatic carbocycles. The minimum absolute atomic E-state index is 0.126. The Hall–Kier alpha value is -2.37. The highest BCUT2D eigenvalue weighted by Crippen LogP contribution is 2.22. The number of nitrogens with one attached hydrogen (secondary N) is 2. The molecule has 0 radical (unpaired) electrons. The Bertz CT molecular complexity index is 660. The first-order valence-corrected chi connectivity index (χ1v) is 6.53. The van der Waals surface area contributed by atoms with E-state index < -0.39 is 0 Å². The first kappa shape index (κ1) is 14.0. The first-order chi connectivity index (χ1) is 9.52. The van der Waals surface area contributed by atoms with Crippen molar-refractivity contribution in [3.63, 3.8) is 0 Å². The number of nitrogens with zero attached hydrogens (tertiary/aromatic N) is 2. The van der Waals surface area contributed by atoms with Gasteiger partial charge in [-0.3, -0.25) is 9.59 Å². The molecule has 2 heterocycles. The molecular weight excluding hydrogens is 256 g/mol. The summed E-state index contributed by atoms with van der Waals surface area (Å²) in [5, 5.41) is 6.25. The standard InChI is InChI=1S/C14H18N4O2/c1-4-5-15-14(20)12-8-18(3)13-11(12)6-10(7-16-13)17-9(2)19/h6-8H,4-5H2,1-3H3,(H,15,20)(H,17,19). The van der Waals surface area contributed by atoms with E-state index in [1.807, 2.05) is 14.0 Å². The molecule has 2 aromatic rings. The van der Waals surface area contributed by atoms with Gasteiger partial charge in [-0.2, -0.15) is 0 Å². The van der Waals surface area contributed by atoms with Crippen molar-refractivity contribution in [3.8, 4) is 0 Å². The fraction of sp³-hybridized carbons (Fsp3) is 0.357. The number of aryl methyl sites for hydroxylation is 1. The lowest BCUT2D eigenvalue weighted by atomic mass is 10.2. The average molecular weight is 274 g/mol. The van der Waals surface area contributed by atoms with Gasteiger partial charge in [0, 0.05) is 32.1 Å². The van der Waals surface area contributed by atoms with Crippen LogP contribution in [0.3, 0.4) is 0 Å². The van der Waals surface area contributed by atoms with Crippen LogP contribution in [0.2, 0.25) is 0 Å². The SMILES string of the molecule is CCCNC(=O)c1cn(C)c2ncc(NC(C)=O)cc12. The van der Waals surface area contributed by atoms with E-state index >= 15 is 0 Å². The van der Waals surface area contributed by atoms with Crippen LogP contribution in [0.4, 0.5) is 5.69 Å². The molecule has 2 amide bonds. The second-order valence-electron chi connectivity index (χ2n) is 4.69. The van der Waals surface area contributed by atoms with Crippen molar-refractivity contribution in [3.05, 3.63) is 24.0 Å². The van der Waals surface area contributed by atoms with Crippen molar-refractivity contribution in [2.75, 3.05) is 11.9 Å². The second kappa shape index (κ2) is 5.73. The van der Waals surface area contributed by atoms with Crippen LogP contribution in [0, 0.1) is 0 Å². The third-order valence-corrected chi connectivity index (χ3v) is 2.91. The third-order valence-electron chi connectivity index (χ3n) is 2.91. The number of rotatable bonds is 4. The number of pyridine rings is 1. The van der Waals surface area contributed by atoms with Crippen LogP contribution in [-0.4, -0.2) is 27.9 Å².